The van der Waals surface area contributed by atoms with E-state index in [1.165, 1.54) is 18.2 Å². The number of ether oxygens (including phenoxy) is 1. The molecular formula is C11H14ClN3O4. The highest BCUT2D eigenvalue weighted by Gasteiger charge is 2.24. The average molecular weight is 288 g/mol. The topological polar surface area (TPSA) is 107 Å². The molecule has 104 valence electrons. The van der Waals surface area contributed by atoms with Crippen molar-refractivity contribution in [1.29, 1.82) is 0 Å². The second-order valence-corrected chi connectivity index (χ2v) is 4.57. The number of hydrogen-bond acceptors (Lipinski definition) is 5. The number of hydrogen-bond donors (Lipinski definition) is 2. The van der Waals surface area contributed by atoms with Crippen LogP contribution in [0.5, 0.6) is 5.75 Å². The number of nitro benzene ring substituents is 1. The summed E-state index contributed by atoms with van der Waals surface area (Å²) in [7, 11) is 0. The number of nitro groups is 1. The molecule has 0 spiro atoms. The average Bonchev–Trinajstić information content (AvgIpc) is 2.34. The number of carbonyl (C=O) groups is 1. The minimum Gasteiger partial charge on any atom is -0.480 e. The van der Waals surface area contributed by atoms with Crippen LogP contribution in [0.1, 0.15) is 13.8 Å². The summed E-state index contributed by atoms with van der Waals surface area (Å²) in [6.45, 7) is 3.57. The number of hydrazine groups is 1. The van der Waals surface area contributed by atoms with E-state index in [4.69, 9.17) is 22.2 Å². The van der Waals surface area contributed by atoms with E-state index >= 15 is 0 Å². The summed E-state index contributed by atoms with van der Waals surface area (Å²) in [5, 5.41) is 10.6. The second kappa shape index (κ2) is 6.35. The van der Waals surface area contributed by atoms with Gasteiger partial charge in [-0.15, -0.1) is 0 Å². The van der Waals surface area contributed by atoms with Gasteiger partial charge in [-0.1, -0.05) is 25.4 Å². The first-order valence-corrected chi connectivity index (χ1v) is 5.85. The molecule has 0 aromatic heterocycles. The molecule has 8 heteroatoms. The second-order valence-electron chi connectivity index (χ2n) is 4.16. The van der Waals surface area contributed by atoms with E-state index in [2.05, 4.69) is 0 Å². The molecule has 0 bridgehead atoms. The van der Waals surface area contributed by atoms with Crippen LogP contribution in [0.15, 0.2) is 18.2 Å². The van der Waals surface area contributed by atoms with Gasteiger partial charge >= 0.3 is 0 Å². The molecule has 0 heterocycles. The smallest absolute Gasteiger partial charge is 0.288 e. The molecule has 0 saturated heterocycles. The summed E-state index contributed by atoms with van der Waals surface area (Å²) in [5.41, 5.74) is 1.78. The van der Waals surface area contributed by atoms with E-state index in [0.29, 0.717) is 0 Å². The molecule has 1 aromatic carbocycles. The van der Waals surface area contributed by atoms with Gasteiger partial charge in [-0.3, -0.25) is 20.3 Å². The molecule has 3 N–H and O–H groups in total. The van der Waals surface area contributed by atoms with Gasteiger partial charge in [-0.05, 0) is 12.0 Å². The van der Waals surface area contributed by atoms with E-state index in [1.807, 2.05) is 5.43 Å². The van der Waals surface area contributed by atoms with Gasteiger partial charge in [0.15, 0.2) is 6.10 Å². The van der Waals surface area contributed by atoms with Crippen molar-refractivity contribution in [2.45, 2.75) is 20.0 Å². The third kappa shape index (κ3) is 3.80. The van der Waals surface area contributed by atoms with E-state index in [0.717, 1.165) is 0 Å². The summed E-state index contributed by atoms with van der Waals surface area (Å²) in [6.07, 6.45) is -0.803. The first-order valence-electron chi connectivity index (χ1n) is 5.48. The maximum atomic E-state index is 11.5. The van der Waals surface area contributed by atoms with Crippen LogP contribution in [0.2, 0.25) is 5.02 Å². The van der Waals surface area contributed by atoms with Crippen LogP contribution in [-0.2, 0) is 4.79 Å². The molecule has 1 rings (SSSR count). The number of halogens is 1. The van der Waals surface area contributed by atoms with Crippen molar-refractivity contribution in [2.75, 3.05) is 0 Å². The fourth-order valence-electron chi connectivity index (χ4n) is 1.43. The van der Waals surface area contributed by atoms with Gasteiger partial charge in [0, 0.05) is 12.1 Å². The Morgan fingerprint density at radius 3 is 2.58 bits per heavy atom. The Bertz CT molecular complexity index is 493. The number of carbonyl (C=O) groups excluding carboxylic acids is 1. The van der Waals surface area contributed by atoms with Crippen LogP contribution in [0.25, 0.3) is 0 Å². The summed E-state index contributed by atoms with van der Waals surface area (Å²) >= 11 is 5.75. The van der Waals surface area contributed by atoms with Crippen molar-refractivity contribution < 1.29 is 14.5 Å². The lowest BCUT2D eigenvalue weighted by Crippen LogP contribution is -2.44. The number of benzene rings is 1. The lowest BCUT2D eigenvalue weighted by Gasteiger charge is -2.20. The van der Waals surface area contributed by atoms with Crippen molar-refractivity contribution >= 4 is 23.2 Å². The molecule has 0 fully saturated rings. The Hall–Kier alpha value is -1.86. The van der Waals surface area contributed by atoms with Crippen molar-refractivity contribution in [3.63, 3.8) is 0 Å². The monoisotopic (exact) mass is 287 g/mol. The van der Waals surface area contributed by atoms with Crippen molar-refractivity contribution in [1.82, 2.24) is 5.43 Å². The minimum atomic E-state index is -0.803. The molecule has 0 radical (unpaired) electrons. The zero-order valence-electron chi connectivity index (χ0n) is 10.4. The number of nitrogens with two attached hydrogens (primary N) is 1. The summed E-state index contributed by atoms with van der Waals surface area (Å²) in [5.74, 6) is 4.72. The molecule has 19 heavy (non-hydrogen) atoms. The van der Waals surface area contributed by atoms with Crippen molar-refractivity contribution in [2.24, 2.45) is 11.8 Å². The first kappa shape index (κ1) is 15.2. The fourth-order valence-corrected chi connectivity index (χ4v) is 1.67. The van der Waals surface area contributed by atoms with Crippen LogP contribution in [0.4, 0.5) is 5.69 Å². The summed E-state index contributed by atoms with van der Waals surface area (Å²) in [4.78, 5) is 21.5. The van der Waals surface area contributed by atoms with Crippen molar-refractivity contribution in [3.05, 3.63) is 33.3 Å². The molecule has 0 aliphatic carbocycles. The standard InChI is InChI=1S/C11H14ClN3O4/c1-6(2)10(11(16)14-13)19-7-3-4-9(15(17)18)8(12)5-7/h3-6,10H,13H2,1-2H3,(H,14,16). The lowest BCUT2D eigenvalue weighted by atomic mass is 10.1. The van der Waals surface area contributed by atoms with Crippen LogP contribution >= 0.6 is 11.6 Å². The van der Waals surface area contributed by atoms with Crippen LogP contribution in [-0.4, -0.2) is 16.9 Å². The Kier molecular flexibility index (Phi) is 5.08. The van der Waals surface area contributed by atoms with E-state index < -0.39 is 16.9 Å². The number of nitrogens with one attached hydrogen (secondary N) is 1. The molecular weight excluding hydrogens is 274 g/mol. The van der Waals surface area contributed by atoms with E-state index in [9.17, 15) is 14.9 Å². The highest BCUT2D eigenvalue weighted by molar-refractivity contribution is 6.32. The van der Waals surface area contributed by atoms with Gasteiger partial charge in [0.2, 0.25) is 0 Å². The molecule has 1 atom stereocenters. The SMILES string of the molecule is CC(C)C(Oc1ccc([N+](=O)[O-])c(Cl)c1)C(=O)NN. The highest BCUT2D eigenvalue weighted by Crippen LogP contribution is 2.29. The predicted octanol–water partition coefficient (Wildman–Crippen LogP) is 1.64. The molecule has 0 aliphatic rings. The summed E-state index contributed by atoms with van der Waals surface area (Å²) in [6, 6.07) is 3.89. The molecule has 1 aromatic rings. The third-order valence-electron chi connectivity index (χ3n) is 2.39. The Labute approximate surface area is 114 Å². The van der Waals surface area contributed by atoms with E-state index in [1.54, 1.807) is 13.8 Å². The van der Waals surface area contributed by atoms with Gasteiger partial charge in [0.1, 0.15) is 10.8 Å². The molecule has 0 saturated carbocycles. The van der Waals surface area contributed by atoms with Gasteiger partial charge in [-0.25, -0.2) is 5.84 Å². The lowest BCUT2D eigenvalue weighted by molar-refractivity contribution is -0.384. The number of nitrogens with zero attached hydrogens (tertiary/aromatic N) is 1. The maximum absolute atomic E-state index is 11.5. The molecule has 1 unspecified atom stereocenters. The highest BCUT2D eigenvalue weighted by atomic mass is 35.5. The van der Waals surface area contributed by atoms with E-state index in [-0.39, 0.29) is 22.4 Å². The van der Waals surface area contributed by atoms with Gasteiger partial charge in [-0.2, -0.15) is 0 Å². The fraction of sp³-hybridized carbons (Fsp3) is 0.364. The Balaban J connectivity index is 2.95. The minimum absolute atomic E-state index is 0.0573. The molecule has 1 amide bonds. The van der Waals surface area contributed by atoms with Crippen molar-refractivity contribution in [3.8, 4) is 5.75 Å². The van der Waals surface area contributed by atoms with Crippen LogP contribution in [0.3, 0.4) is 0 Å². The zero-order valence-corrected chi connectivity index (χ0v) is 11.2. The Morgan fingerprint density at radius 1 is 1.53 bits per heavy atom. The van der Waals surface area contributed by atoms with Crippen LogP contribution < -0.4 is 16.0 Å². The largest absolute Gasteiger partial charge is 0.480 e. The number of rotatable bonds is 5. The Morgan fingerprint density at radius 2 is 2.16 bits per heavy atom. The molecule has 7 nitrogen and oxygen atoms in total. The number of amides is 1. The molecule has 0 aliphatic heterocycles. The van der Waals surface area contributed by atoms with Gasteiger partial charge in [0.25, 0.3) is 11.6 Å². The van der Waals surface area contributed by atoms with Gasteiger partial charge in [0.05, 0.1) is 4.92 Å². The first-order chi connectivity index (χ1) is 8.86. The third-order valence-corrected chi connectivity index (χ3v) is 2.69. The van der Waals surface area contributed by atoms with Gasteiger partial charge < -0.3 is 4.74 Å². The predicted molar refractivity (Wildman–Crippen MR) is 69.7 cm³/mol. The summed E-state index contributed by atoms with van der Waals surface area (Å²) < 4.78 is 5.45. The maximum Gasteiger partial charge on any atom is 0.288 e. The van der Waals surface area contributed by atoms with Crippen LogP contribution in [0, 0.1) is 16.0 Å². The zero-order chi connectivity index (χ0) is 14.6. The normalized spacial score (nSPS) is 12.1. The quantitative estimate of drug-likeness (QED) is 0.370.